The second-order valence-electron chi connectivity index (χ2n) is 5.80. The van der Waals surface area contributed by atoms with Gasteiger partial charge in [0.25, 0.3) is 5.91 Å². The van der Waals surface area contributed by atoms with Crippen LogP contribution in [0.25, 0.3) is 0 Å². The number of alkyl halides is 3. The van der Waals surface area contributed by atoms with Gasteiger partial charge in [-0.25, -0.2) is 9.18 Å². The highest BCUT2D eigenvalue weighted by Crippen LogP contribution is 2.36. The zero-order valence-electron chi connectivity index (χ0n) is 13.3. The van der Waals surface area contributed by atoms with Crippen molar-refractivity contribution in [1.82, 2.24) is 5.32 Å². The molecule has 0 radical (unpaired) electrons. The van der Waals surface area contributed by atoms with E-state index < -0.39 is 46.6 Å². The summed E-state index contributed by atoms with van der Waals surface area (Å²) in [4.78, 5) is 24.3. The number of benzene rings is 1. The van der Waals surface area contributed by atoms with Crippen LogP contribution in [-0.2, 0) is 15.7 Å². The summed E-state index contributed by atoms with van der Waals surface area (Å²) in [5, 5.41) is 12.4. The van der Waals surface area contributed by atoms with Crippen molar-refractivity contribution in [2.45, 2.75) is 44.0 Å². The van der Waals surface area contributed by atoms with E-state index in [-0.39, 0.29) is 25.5 Å². The van der Waals surface area contributed by atoms with Crippen LogP contribution in [0.5, 0.6) is 0 Å². The minimum Gasteiger partial charge on any atom is -0.464 e. The highest BCUT2D eigenvalue weighted by Gasteiger charge is 2.48. The standard InChI is InChI=1S/C16H17F4NO4/c1-2-25-14(23)12(15(24)6-3-7-15)21-13(22)10-5-4-9(17)8-11(10)16(18,19)20/h4-5,8,12,24H,2-3,6-7H2,1H3,(H,21,22). The van der Waals surface area contributed by atoms with Gasteiger partial charge in [0.1, 0.15) is 5.82 Å². The number of aliphatic hydroxyl groups is 1. The van der Waals surface area contributed by atoms with E-state index in [0.29, 0.717) is 18.6 Å². The molecule has 1 aliphatic rings. The van der Waals surface area contributed by atoms with E-state index in [0.717, 1.165) is 0 Å². The predicted molar refractivity (Wildman–Crippen MR) is 78.1 cm³/mol. The average Bonchev–Trinajstić information content (AvgIpc) is 2.49. The molecule has 0 saturated heterocycles. The summed E-state index contributed by atoms with van der Waals surface area (Å²) < 4.78 is 57.0. The molecule has 1 aromatic carbocycles. The van der Waals surface area contributed by atoms with Gasteiger partial charge in [-0.15, -0.1) is 0 Å². The SMILES string of the molecule is CCOC(=O)C(NC(=O)c1ccc(F)cc1C(F)(F)F)C1(O)CCC1. The van der Waals surface area contributed by atoms with Crippen LogP contribution in [0, 0.1) is 5.82 Å². The maximum absolute atomic E-state index is 13.1. The molecular weight excluding hydrogens is 346 g/mol. The van der Waals surface area contributed by atoms with E-state index in [1.807, 2.05) is 0 Å². The van der Waals surface area contributed by atoms with Crippen molar-refractivity contribution < 1.29 is 37.0 Å². The Bertz CT molecular complexity index is 671. The molecule has 0 bridgehead atoms. The minimum absolute atomic E-state index is 0.0222. The van der Waals surface area contributed by atoms with Gasteiger partial charge >= 0.3 is 12.1 Å². The Hall–Kier alpha value is -2.16. The lowest BCUT2D eigenvalue weighted by molar-refractivity contribution is -0.158. The summed E-state index contributed by atoms with van der Waals surface area (Å²) in [6.45, 7) is 1.50. The van der Waals surface area contributed by atoms with E-state index in [4.69, 9.17) is 4.74 Å². The van der Waals surface area contributed by atoms with Gasteiger partial charge in [-0.1, -0.05) is 0 Å². The van der Waals surface area contributed by atoms with Crippen molar-refractivity contribution in [3.8, 4) is 0 Å². The summed E-state index contributed by atoms with van der Waals surface area (Å²) in [5.74, 6) is -3.33. The number of carbonyl (C=O) groups is 2. The van der Waals surface area contributed by atoms with Gasteiger partial charge in [0.05, 0.1) is 23.3 Å². The number of nitrogens with one attached hydrogen (secondary N) is 1. The molecule has 2 N–H and O–H groups in total. The van der Waals surface area contributed by atoms with Crippen molar-refractivity contribution in [3.05, 3.63) is 35.1 Å². The Balaban J connectivity index is 2.31. The van der Waals surface area contributed by atoms with Crippen LogP contribution in [0.4, 0.5) is 17.6 Å². The maximum atomic E-state index is 13.1. The fourth-order valence-corrected chi connectivity index (χ4v) is 2.62. The second kappa shape index (κ2) is 6.99. The molecular formula is C16H17F4NO4. The van der Waals surface area contributed by atoms with Gasteiger partial charge in [0.2, 0.25) is 0 Å². The van der Waals surface area contributed by atoms with Crippen molar-refractivity contribution in [1.29, 1.82) is 0 Å². The lowest BCUT2D eigenvalue weighted by atomic mass is 9.74. The number of esters is 1. The molecule has 1 fully saturated rings. The summed E-state index contributed by atoms with van der Waals surface area (Å²) in [5.41, 5.74) is -3.88. The third-order valence-corrected chi connectivity index (χ3v) is 4.09. The van der Waals surface area contributed by atoms with Crippen molar-refractivity contribution in [2.75, 3.05) is 6.61 Å². The molecule has 0 aliphatic heterocycles. The monoisotopic (exact) mass is 363 g/mol. The quantitative estimate of drug-likeness (QED) is 0.622. The fraction of sp³-hybridized carbons (Fsp3) is 0.500. The van der Waals surface area contributed by atoms with Gasteiger partial charge < -0.3 is 15.2 Å². The van der Waals surface area contributed by atoms with E-state index in [2.05, 4.69) is 5.32 Å². The molecule has 1 aromatic rings. The molecule has 25 heavy (non-hydrogen) atoms. The predicted octanol–water partition coefficient (Wildman–Crippen LogP) is 2.42. The second-order valence-corrected chi connectivity index (χ2v) is 5.80. The van der Waals surface area contributed by atoms with Crippen LogP contribution in [0.3, 0.4) is 0 Å². The number of halogens is 4. The first kappa shape index (κ1) is 19.2. The van der Waals surface area contributed by atoms with Crippen LogP contribution in [0.1, 0.15) is 42.1 Å². The Kier molecular flexibility index (Phi) is 5.36. The number of hydrogen-bond donors (Lipinski definition) is 2. The molecule has 0 aromatic heterocycles. The number of hydrogen-bond acceptors (Lipinski definition) is 4. The minimum atomic E-state index is -4.96. The highest BCUT2D eigenvalue weighted by molar-refractivity contribution is 5.98. The van der Waals surface area contributed by atoms with Gasteiger partial charge in [-0.05, 0) is 44.4 Å². The molecule has 5 nitrogen and oxygen atoms in total. The van der Waals surface area contributed by atoms with Crippen molar-refractivity contribution in [2.24, 2.45) is 0 Å². The Labute approximate surface area is 141 Å². The Morgan fingerprint density at radius 1 is 1.36 bits per heavy atom. The number of rotatable bonds is 5. The third-order valence-electron chi connectivity index (χ3n) is 4.09. The number of amides is 1. The zero-order valence-corrected chi connectivity index (χ0v) is 13.3. The molecule has 9 heteroatoms. The van der Waals surface area contributed by atoms with Crippen LogP contribution < -0.4 is 5.32 Å². The zero-order chi connectivity index (χ0) is 18.8. The number of carbonyl (C=O) groups excluding carboxylic acids is 2. The van der Waals surface area contributed by atoms with Crippen LogP contribution in [0.15, 0.2) is 18.2 Å². The molecule has 0 spiro atoms. The van der Waals surface area contributed by atoms with E-state index in [9.17, 15) is 32.3 Å². The van der Waals surface area contributed by atoms with E-state index in [1.54, 1.807) is 0 Å². The smallest absolute Gasteiger partial charge is 0.417 e. The van der Waals surface area contributed by atoms with Crippen molar-refractivity contribution >= 4 is 11.9 Å². The molecule has 1 saturated carbocycles. The molecule has 1 atom stereocenters. The molecule has 1 aliphatic carbocycles. The largest absolute Gasteiger partial charge is 0.464 e. The fourth-order valence-electron chi connectivity index (χ4n) is 2.62. The van der Waals surface area contributed by atoms with Gasteiger partial charge in [0.15, 0.2) is 6.04 Å². The molecule has 0 heterocycles. The normalized spacial score (nSPS) is 17.4. The average molecular weight is 363 g/mol. The van der Waals surface area contributed by atoms with Crippen LogP contribution in [0.2, 0.25) is 0 Å². The van der Waals surface area contributed by atoms with Crippen LogP contribution >= 0.6 is 0 Å². The molecule has 2 rings (SSSR count). The number of ether oxygens (including phenoxy) is 1. The lowest BCUT2D eigenvalue weighted by Crippen LogP contribution is -2.60. The lowest BCUT2D eigenvalue weighted by Gasteiger charge is -2.41. The Morgan fingerprint density at radius 3 is 2.48 bits per heavy atom. The summed E-state index contributed by atoms with van der Waals surface area (Å²) in [6, 6.07) is 0.0916. The Morgan fingerprint density at radius 2 is 2.00 bits per heavy atom. The van der Waals surface area contributed by atoms with E-state index >= 15 is 0 Å². The molecule has 138 valence electrons. The first-order valence-electron chi connectivity index (χ1n) is 7.65. The summed E-state index contributed by atoms with van der Waals surface area (Å²) >= 11 is 0. The van der Waals surface area contributed by atoms with Gasteiger partial charge in [-0.3, -0.25) is 4.79 Å². The summed E-state index contributed by atoms with van der Waals surface area (Å²) in [6.07, 6.45) is -3.95. The molecule has 1 unspecified atom stereocenters. The van der Waals surface area contributed by atoms with Crippen LogP contribution in [-0.4, -0.2) is 35.2 Å². The van der Waals surface area contributed by atoms with Gasteiger partial charge in [-0.2, -0.15) is 13.2 Å². The highest BCUT2D eigenvalue weighted by atomic mass is 19.4. The summed E-state index contributed by atoms with van der Waals surface area (Å²) in [7, 11) is 0. The van der Waals surface area contributed by atoms with E-state index in [1.165, 1.54) is 6.92 Å². The van der Waals surface area contributed by atoms with Crippen molar-refractivity contribution in [3.63, 3.8) is 0 Å². The maximum Gasteiger partial charge on any atom is 0.417 e. The topological polar surface area (TPSA) is 75.6 Å². The van der Waals surface area contributed by atoms with Gasteiger partial charge in [0, 0.05) is 0 Å². The first-order valence-corrected chi connectivity index (χ1v) is 7.65. The third kappa shape index (κ3) is 4.09. The first-order chi connectivity index (χ1) is 11.6. The molecule has 1 amide bonds.